The number of carboxylic acids is 1. The fourth-order valence-corrected chi connectivity index (χ4v) is 4.54. The molecule has 3 N–H and O–H groups in total. The van der Waals surface area contributed by atoms with Crippen molar-refractivity contribution in [3.8, 4) is 0 Å². The molecule has 0 saturated heterocycles. The van der Waals surface area contributed by atoms with E-state index in [0.717, 1.165) is 22.2 Å². The number of aryl methyl sites for hydroxylation is 1. The summed E-state index contributed by atoms with van der Waals surface area (Å²) < 4.78 is 4.01. The van der Waals surface area contributed by atoms with Gasteiger partial charge in [-0.05, 0) is 53.4 Å². The van der Waals surface area contributed by atoms with E-state index in [-0.39, 0.29) is 19.4 Å². The number of aliphatic carboxylic acids is 1. The Hall–Kier alpha value is -3.10. The average Bonchev–Trinajstić information content (AvgIpc) is 3.07. The molecule has 7 nitrogen and oxygen atoms in total. The van der Waals surface area contributed by atoms with Gasteiger partial charge in [0.25, 0.3) is 0 Å². The predicted molar refractivity (Wildman–Crippen MR) is 136 cm³/mol. The minimum Gasteiger partial charge on any atom is -0.481 e. The molecular formula is C26H25Cl2N3O4. The topological polar surface area (TPSA) is 100.0 Å². The highest BCUT2D eigenvalue weighted by Gasteiger charge is 2.13. The van der Waals surface area contributed by atoms with Crippen molar-refractivity contribution in [2.24, 2.45) is 12.0 Å². The molecule has 0 bridgehead atoms. The number of carbonyl (C=O) groups is 1. The second-order valence-corrected chi connectivity index (χ2v) is 9.23. The van der Waals surface area contributed by atoms with Crippen LogP contribution in [0.1, 0.15) is 35.6 Å². The van der Waals surface area contributed by atoms with Gasteiger partial charge in [0.2, 0.25) is 5.62 Å². The molecular weight excluding hydrogens is 489 g/mol. The molecule has 0 fully saturated rings. The first-order valence-electron chi connectivity index (χ1n) is 11.0. The lowest BCUT2D eigenvalue weighted by Crippen LogP contribution is -2.24. The van der Waals surface area contributed by atoms with Gasteiger partial charge in [0, 0.05) is 23.5 Å². The van der Waals surface area contributed by atoms with Crippen LogP contribution in [0.4, 0.5) is 5.69 Å². The normalized spacial score (nSPS) is 12.9. The highest BCUT2D eigenvalue weighted by Crippen LogP contribution is 2.25. The molecule has 0 radical (unpaired) electrons. The third kappa shape index (κ3) is 5.77. The second kappa shape index (κ2) is 10.7. The molecule has 35 heavy (non-hydrogen) atoms. The summed E-state index contributed by atoms with van der Waals surface area (Å²) in [6.07, 6.45) is -0.780. The molecule has 4 aromatic rings. The smallest absolute Gasteiger partial charge is 0.303 e. The molecule has 0 saturated carbocycles. The SMILES string of the molecule is Cn1c(=Nc2cc(Cl)cc(Cl)c2)n(Cc2ccc(C(O)CCC(=O)O)cc2)c2cc(CO)ccc21. The molecule has 0 aliphatic rings. The Morgan fingerprint density at radius 2 is 1.63 bits per heavy atom. The first kappa shape index (κ1) is 25.0. The molecule has 0 amide bonds. The monoisotopic (exact) mass is 513 g/mol. The molecule has 0 aliphatic carbocycles. The van der Waals surface area contributed by atoms with Gasteiger partial charge >= 0.3 is 5.97 Å². The van der Waals surface area contributed by atoms with Crippen molar-refractivity contribution in [2.75, 3.05) is 0 Å². The summed E-state index contributed by atoms with van der Waals surface area (Å²) in [5.74, 6) is -0.937. The van der Waals surface area contributed by atoms with Crippen molar-refractivity contribution in [3.63, 3.8) is 0 Å². The quantitative estimate of drug-likeness (QED) is 0.310. The van der Waals surface area contributed by atoms with Gasteiger partial charge in [-0.1, -0.05) is 53.5 Å². The lowest BCUT2D eigenvalue weighted by molar-refractivity contribution is -0.137. The van der Waals surface area contributed by atoms with Crippen LogP contribution in [0, 0.1) is 0 Å². The zero-order valence-corrected chi connectivity index (χ0v) is 20.5. The fraction of sp³-hybridized carbons (Fsp3) is 0.231. The van der Waals surface area contributed by atoms with E-state index in [0.29, 0.717) is 33.5 Å². The maximum atomic E-state index is 10.8. The van der Waals surface area contributed by atoms with Gasteiger partial charge in [-0.2, -0.15) is 0 Å². The van der Waals surface area contributed by atoms with Crippen LogP contribution >= 0.6 is 23.2 Å². The minimum absolute atomic E-state index is 0.0792. The van der Waals surface area contributed by atoms with Crippen LogP contribution in [-0.2, 0) is 25.0 Å². The van der Waals surface area contributed by atoms with Gasteiger partial charge in [0.05, 0.1) is 36.0 Å². The van der Waals surface area contributed by atoms with E-state index >= 15 is 0 Å². The molecule has 9 heteroatoms. The standard InChI is InChI=1S/C26H25Cl2N3O4/c1-30-22-7-4-17(15-32)10-23(22)31(26(30)29-21-12-19(27)11-20(28)13-21)14-16-2-5-18(6-3-16)24(33)8-9-25(34)35/h2-7,10-13,24,32-33H,8-9,14-15H2,1H3,(H,34,35). The van der Waals surface area contributed by atoms with Gasteiger partial charge in [-0.25, -0.2) is 4.99 Å². The average molecular weight is 514 g/mol. The Labute approximate surface area is 212 Å². The fourth-order valence-electron chi connectivity index (χ4n) is 4.03. The Morgan fingerprint density at radius 3 is 2.26 bits per heavy atom. The lowest BCUT2D eigenvalue weighted by atomic mass is 10.0. The van der Waals surface area contributed by atoms with Crippen molar-refractivity contribution in [2.45, 2.75) is 32.1 Å². The summed E-state index contributed by atoms with van der Waals surface area (Å²) in [5.41, 5.74) is 5.53. The summed E-state index contributed by atoms with van der Waals surface area (Å²) >= 11 is 12.4. The second-order valence-electron chi connectivity index (χ2n) is 8.36. The first-order chi connectivity index (χ1) is 16.7. The number of nitrogens with zero attached hydrogens (tertiary/aromatic N) is 3. The Morgan fingerprint density at radius 1 is 0.971 bits per heavy atom. The van der Waals surface area contributed by atoms with Crippen LogP contribution in [0.15, 0.2) is 65.7 Å². The summed E-state index contributed by atoms with van der Waals surface area (Å²) in [6.45, 7) is 0.398. The van der Waals surface area contributed by atoms with E-state index in [1.54, 1.807) is 30.3 Å². The van der Waals surface area contributed by atoms with Crippen LogP contribution in [0.3, 0.4) is 0 Å². The molecule has 1 aromatic heterocycles. The molecule has 4 rings (SSSR count). The highest BCUT2D eigenvalue weighted by atomic mass is 35.5. The predicted octanol–water partition coefficient (Wildman–Crippen LogP) is 4.96. The van der Waals surface area contributed by atoms with Crippen LogP contribution in [0.5, 0.6) is 0 Å². The molecule has 1 unspecified atom stereocenters. The van der Waals surface area contributed by atoms with Gasteiger partial charge in [-0.15, -0.1) is 0 Å². The number of imidazole rings is 1. The molecule has 1 heterocycles. The minimum atomic E-state index is -0.937. The molecule has 182 valence electrons. The Bertz CT molecular complexity index is 1420. The van der Waals surface area contributed by atoms with Crippen molar-refractivity contribution in [1.29, 1.82) is 0 Å². The zero-order chi connectivity index (χ0) is 25.1. The van der Waals surface area contributed by atoms with E-state index < -0.39 is 12.1 Å². The van der Waals surface area contributed by atoms with Crippen LogP contribution in [0.25, 0.3) is 11.0 Å². The van der Waals surface area contributed by atoms with Crippen molar-refractivity contribution in [3.05, 3.63) is 93.0 Å². The van der Waals surface area contributed by atoms with Crippen molar-refractivity contribution >= 4 is 45.9 Å². The third-order valence-corrected chi connectivity index (χ3v) is 6.27. The lowest BCUT2D eigenvalue weighted by Gasteiger charge is -2.11. The van der Waals surface area contributed by atoms with Gasteiger partial charge in [-0.3, -0.25) is 4.79 Å². The van der Waals surface area contributed by atoms with Gasteiger partial charge < -0.3 is 24.5 Å². The van der Waals surface area contributed by atoms with Crippen LogP contribution in [-0.4, -0.2) is 30.4 Å². The molecule has 0 aliphatic heterocycles. The molecule has 0 spiro atoms. The maximum absolute atomic E-state index is 10.8. The summed E-state index contributed by atoms with van der Waals surface area (Å²) in [7, 11) is 1.92. The van der Waals surface area contributed by atoms with Crippen LogP contribution < -0.4 is 5.62 Å². The van der Waals surface area contributed by atoms with Gasteiger partial charge in [0.1, 0.15) is 0 Å². The number of hydrogen-bond donors (Lipinski definition) is 3. The van der Waals surface area contributed by atoms with Gasteiger partial charge in [0.15, 0.2) is 0 Å². The third-order valence-electron chi connectivity index (χ3n) is 5.83. The summed E-state index contributed by atoms with van der Waals surface area (Å²) in [4.78, 5) is 15.6. The first-order valence-corrected chi connectivity index (χ1v) is 11.8. The van der Waals surface area contributed by atoms with Crippen LogP contribution in [0.2, 0.25) is 10.0 Å². The number of hydrogen-bond acceptors (Lipinski definition) is 4. The van der Waals surface area contributed by atoms with E-state index in [2.05, 4.69) is 0 Å². The largest absolute Gasteiger partial charge is 0.481 e. The highest BCUT2D eigenvalue weighted by molar-refractivity contribution is 6.35. The zero-order valence-electron chi connectivity index (χ0n) is 19.0. The molecule has 3 aromatic carbocycles. The van der Waals surface area contributed by atoms with Crippen molar-refractivity contribution < 1.29 is 20.1 Å². The van der Waals surface area contributed by atoms with E-state index in [4.69, 9.17) is 33.3 Å². The number of carboxylic acid groups (broad SMARTS) is 1. The summed E-state index contributed by atoms with van der Waals surface area (Å²) in [6, 6.07) is 18.3. The number of aromatic nitrogens is 2. The van der Waals surface area contributed by atoms with E-state index in [9.17, 15) is 15.0 Å². The molecule has 1 atom stereocenters. The number of halogens is 2. The number of fused-ring (bicyclic) bond motifs is 1. The Balaban J connectivity index is 1.78. The number of aliphatic hydroxyl groups is 2. The maximum Gasteiger partial charge on any atom is 0.303 e. The van der Waals surface area contributed by atoms with E-state index in [1.807, 2.05) is 46.5 Å². The number of benzene rings is 3. The van der Waals surface area contributed by atoms with E-state index in [1.165, 1.54) is 0 Å². The number of rotatable bonds is 8. The van der Waals surface area contributed by atoms with Crippen molar-refractivity contribution in [1.82, 2.24) is 9.13 Å². The number of aliphatic hydroxyl groups excluding tert-OH is 2. The summed E-state index contributed by atoms with van der Waals surface area (Å²) in [5, 5.41) is 29.8. The Kier molecular flexibility index (Phi) is 7.62.